The second-order valence-corrected chi connectivity index (χ2v) is 3.63. The number of methoxy groups -OCH3 is 1. The molecule has 1 aromatic carbocycles. The molecule has 0 bridgehead atoms. The zero-order valence-corrected chi connectivity index (χ0v) is 9.19. The van der Waals surface area contributed by atoms with Gasteiger partial charge in [-0.15, -0.1) is 0 Å². The van der Waals surface area contributed by atoms with E-state index in [0.29, 0.717) is 5.82 Å². The van der Waals surface area contributed by atoms with E-state index >= 15 is 0 Å². The summed E-state index contributed by atoms with van der Waals surface area (Å²) < 4.78 is 5.20. The van der Waals surface area contributed by atoms with E-state index in [1.165, 1.54) is 6.33 Å². The number of nitrogens with two attached hydrogens (primary N) is 1. The quantitative estimate of drug-likeness (QED) is 0.456. The first kappa shape index (κ1) is 9.86. The fourth-order valence-corrected chi connectivity index (χ4v) is 1.91. The largest absolute Gasteiger partial charge is 0.497 e. The molecule has 0 saturated carbocycles. The summed E-state index contributed by atoms with van der Waals surface area (Å²) in [6, 6.07) is 5.76. The number of hydrogen-bond donors (Lipinski definition) is 3. The summed E-state index contributed by atoms with van der Waals surface area (Å²) in [5.41, 5.74) is 5.13. The molecule has 6 heteroatoms. The van der Waals surface area contributed by atoms with Crippen molar-refractivity contribution in [1.29, 1.82) is 0 Å². The van der Waals surface area contributed by atoms with Gasteiger partial charge in [-0.3, -0.25) is 0 Å². The van der Waals surface area contributed by atoms with Crippen molar-refractivity contribution in [2.24, 2.45) is 5.84 Å². The van der Waals surface area contributed by atoms with Crippen LogP contribution in [-0.2, 0) is 0 Å². The third-order valence-electron chi connectivity index (χ3n) is 2.73. The Labute approximate surface area is 96.8 Å². The molecule has 86 valence electrons. The fraction of sp³-hybridized carbons (Fsp3) is 0.0909. The van der Waals surface area contributed by atoms with Crippen LogP contribution in [0, 0.1) is 0 Å². The molecule has 0 aliphatic heterocycles. The van der Waals surface area contributed by atoms with E-state index in [1.54, 1.807) is 7.11 Å². The molecule has 2 heterocycles. The van der Waals surface area contributed by atoms with Crippen LogP contribution in [0.1, 0.15) is 0 Å². The first-order chi connectivity index (χ1) is 8.33. The lowest BCUT2D eigenvalue weighted by Gasteiger charge is -1.99. The number of benzene rings is 1. The van der Waals surface area contributed by atoms with Gasteiger partial charge in [0.1, 0.15) is 23.1 Å². The minimum atomic E-state index is 0.574. The predicted octanol–water partition coefficient (Wildman–Crippen LogP) is 1.41. The van der Waals surface area contributed by atoms with Gasteiger partial charge in [0.2, 0.25) is 0 Å². The maximum absolute atomic E-state index is 5.41. The smallest absolute Gasteiger partial charge is 0.167 e. The molecule has 0 aliphatic carbocycles. The molecule has 0 unspecified atom stereocenters. The Morgan fingerprint density at radius 2 is 2.24 bits per heavy atom. The number of hydrazine groups is 1. The van der Waals surface area contributed by atoms with Crippen LogP contribution in [0.3, 0.4) is 0 Å². The van der Waals surface area contributed by atoms with Gasteiger partial charge in [-0.25, -0.2) is 15.8 Å². The number of nitrogen functional groups attached to an aromatic ring is 1. The van der Waals surface area contributed by atoms with Gasteiger partial charge in [-0.05, 0) is 18.2 Å². The van der Waals surface area contributed by atoms with Gasteiger partial charge in [-0.1, -0.05) is 0 Å². The predicted molar refractivity (Wildman–Crippen MR) is 65.8 cm³/mol. The monoisotopic (exact) mass is 229 g/mol. The SMILES string of the molecule is COc1ccc2[nH]c3c(NN)ncnc3c2c1. The number of rotatable bonds is 2. The van der Waals surface area contributed by atoms with Gasteiger partial charge in [0.15, 0.2) is 5.82 Å². The summed E-state index contributed by atoms with van der Waals surface area (Å²) in [5.74, 6) is 6.77. The normalized spacial score (nSPS) is 10.9. The summed E-state index contributed by atoms with van der Waals surface area (Å²) in [7, 11) is 1.64. The van der Waals surface area contributed by atoms with Crippen molar-refractivity contribution < 1.29 is 4.74 Å². The Bertz CT molecular complexity index is 691. The molecular formula is C11H11N5O. The molecule has 3 rings (SSSR count). The van der Waals surface area contributed by atoms with Gasteiger partial charge >= 0.3 is 0 Å². The number of aromatic nitrogens is 3. The van der Waals surface area contributed by atoms with E-state index in [0.717, 1.165) is 27.7 Å². The van der Waals surface area contributed by atoms with Crippen LogP contribution >= 0.6 is 0 Å². The third kappa shape index (κ3) is 1.38. The molecule has 6 nitrogen and oxygen atoms in total. The lowest BCUT2D eigenvalue weighted by molar-refractivity contribution is 0.415. The number of aromatic amines is 1. The van der Waals surface area contributed by atoms with E-state index < -0.39 is 0 Å². The van der Waals surface area contributed by atoms with E-state index in [9.17, 15) is 0 Å². The van der Waals surface area contributed by atoms with Crippen LogP contribution < -0.4 is 16.0 Å². The van der Waals surface area contributed by atoms with Crippen LogP contribution in [0.2, 0.25) is 0 Å². The van der Waals surface area contributed by atoms with Crippen molar-refractivity contribution in [3.8, 4) is 5.75 Å². The molecule has 17 heavy (non-hydrogen) atoms. The summed E-state index contributed by atoms with van der Waals surface area (Å²) in [6.45, 7) is 0. The number of H-pyrrole nitrogens is 1. The molecule has 0 saturated heterocycles. The summed E-state index contributed by atoms with van der Waals surface area (Å²) in [5, 5.41) is 0.984. The van der Waals surface area contributed by atoms with Crippen molar-refractivity contribution in [2.45, 2.75) is 0 Å². The zero-order chi connectivity index (χ0) is 11.8. The Kier molecular flexibility index (Phi) is 2.09. The first-order valence-electron chi connectivity index (χ1n) is 5.10. The molecule has 3 aromatic rings. The number of hydrogen-bond acceptors (Lipinski definition) is 5. The Morgan fingerprint density at radius 1 is 1.35 bits per heavy atom. The second-order valence-electron chi connectivity index (χ2n) is 3.63. The van der Waals surface area contributed by atoms with Crippen LogP contribution in [0.4, 0.5) is 5.82 Å². The summed E-state index contributed by atoms with van der Waals surface area (Å²) in [6.07, 6.45) is 1.48. The highest BCUT2D eigenvalue weighted by Crippen LogP contribution is 2.29. The van der Waals surface area contributed by atoms with Gasteiger partial charge in [-0.2, -0.15) is 0 Å². The van der Waals surface area contributed by atoms with Gasteiger partial charge in [0.05, 0.1) is 7.11 Å². The first-order valence-corrected chi connectivity index (χ1v) is 5.10. The molecule has 0 fully saturated rings. The van der Waals surface area contributed by atoms with Crippen molar-refractivity contribution in [1.82, 2.24) is 15.0 Å². The highest BCUT2D eigenvalue weighted by atomic mass is 16.5. The van der Waals surface area contributed by atoms with Crippen LogP contribution in [0.25, 0.3) is 21.9 Å². The summed E-state index contributed by atoms with van der Waals surface area (Å²) in [4.78, 5) is 11.5. The van der Waals surface area contributed by atoms with E-state index in [4.69, 9.17) is 10.6 Å². The molecular weight excluding hydrogens is 218 g/mol. The van der Waals surface area contributed by atoms with Crippen molar-refractivity contribution in [2.75, 3.05) is 12.5 Å². The van der Waals surface area contributed by atoms with Crippen molar-refractivity contribution in [3.63, 3.8) is 0 Å². The van der Waals surface area contributed by atoms with E-state index in [2.05, 4.69) is 20.4 Å². The fourth-order valence-electron chi connectivity index (χ4n) is 1.91. The average molecular weight is 229 g/mol. The molecule has 0 aliphatic rings. The molecule has 4 N–H and O–H groups in total. The molecule has 0 atom stereocenters. The van der Waals surface area contributed by atoms with Gasteiger partial charge in [0, 0.05) is 10.9 Å². The number of nitrogens with one attached hydrogen (secondary N) is 2. The Morgan fingerprint density at radius 3 is 3.00 bits per heavy atom. The highest BCUT2D eigenvalue weighted by Gasteiger charge is 2.10. The van der Waals surface area contributed by atoms with Crippen LogP contribution in [-0.4, -0.2) is 22.1 Å². The number of fused-ring (bicyclic) bond motifs is 3. The summed E-state index contributed by atoms with van der Waals surface area (Å²) >= 11 is 0. The Hall–Kier alpha value is -2.34. The topological polar surface area (TPSA) is 88.8 Å². The lowest BCUT2D eigenvalue weighted by atomic mass is 10.2. The standard InChI is InChI=1S/C11H11N5O/c1-17-6-2-3-8-7(4-6)9-10(15-8)11(16-12)14-5-13-9/h2-5,15H,12H2,1H3,(H,13,14,16). The minimum Gasteiger partial charge on any atom is -0.497 e. The third-order valence-corrected chi connectivity index (χ3v) is 2.73. The number of ether oxygens (including phenoxy) is 1. The number of anilines is 1. The maximum atomic E-state index is 5.41. The van der Waals surface area contributed by atoms with Crippen molar-refractivity contribution in [3.05, 3.63) is 24.5 Å². The number of nitrogens with zero attached hydrogens (tertiary/aromatic N) is 2. The minimum absolute atomic E-state index is 0.574. The highest BCUT2D eigenvalue weighted by molar-refractivity contribution is 6.08. The van der Waals surface area contributed by atoms with E-state index in [-0.39, 0.29) is 0 Å². The second kappa shape index (κ2) is 3.60. The molecule has 0 radical (unpaired) electrons. The molecule has 0 spiro atoms. The maximum Gasteiger partial charge on any atom is 0.167 e. The van der Waals surface area contributed by atoms with Crippen molar-refractivity contribution >= 4 is 27.8 Å². The van der Waals surface area contributed by atoms with Gasteiger partial charge < -0.3 is 15.1 Å². The van der Waals surface area contributed by atoms with Gasteiger partial charge in [0.25, 0.3) is 0 Å². The van der Waals surface area contributed by atoms with Crippen LogP contribution in [0.15, 0.2) is 24.5 Å². The van der Waals surface area contributed by atoms with Crippen LogP contribution in [0.5, 0.6) is 5.75 Å². The molecule has 0 amide bonds. The lowest BCUT2D eigenvalue weighted by Crippen LogP contribution is -2.09. The zero-order valence-electron chi connectivity index (χ0n) is 9.19. The Balaban J connectivity index is 2.42. The molecule has 2 aromatic heterocycles. The van der Waals surface area contributed by atoms with E-state index in [1.807, 2.05) is 18.2 Å². The average Bonchev–Trinajstić information content (AvgIpc) is 2.76.